The molecule has 9 aromatic carbocycles. The summed E-state index contributed by atoms with van der Waals surface area (Å²) in [5.41, 5.74) is 23.0. The Hall–Kier alpha value is -8.58. The number of anilines is 1. The van der Waals surface area contributed by atoms with E-state index in [9.17, 15) is 0 Å². The number of para-hydroxylation sites is 5. The van der Waals surface area contributed by atoms with E-state index in [1.165, 1.54) is 76.2 Å². The van der Waals surface area contributed by atoms with Crippen LogP contribution in [0.4, 0.5) is 5.69 Å². The maximum absolute atomic E-state index is 6.93. The van der Waals surface area contributed by atoms with Gasteiger partial charge in [0, 0.05) is 43.0 Å². The van der Waals surface area contributed by atoms with E-state index in [-0.39, 0.29) is 5.92 Å². The number of allylic oxidation sites excluding steroid dienone is 1. The van der Waals surface area contributed by atoms with Crippen molar-refractivity contribution in [2.24, 2.45) is 0 Å². The first-order chi connectivity index (χ1) is 34.1. The number of hydrogen-bond acceptors (Lipinski definition) is 6. The van der Waals surface area contributed by atoms with E-state index in [0.717, 1.165) is 51.7 Å². The molecule has 0 saturated heterocycles. The molecule has 0 amide bonds. The molecule has 0 saturated carbocycles. The Kier molecular flexibility index (Phi) is 8.88. The van der Waals surface area contributed by atoms with Gasteiger partial charge in [0.1, 0.15) is 23.1 Å². The summed E-state index contributed by atoms with van der Waals surface area (Å²) in [6, 6.07) is 72.7. The largest absolute Gasteiger partial charge is 0.457 e. The minimum Gasteiger partial charge on any atom is -0.457 e. The van der Waals surface area contributed by atoms with Crippen LogP contribution in [0.15, 0.2) is 212 Å². The Morgan fingerprint density at radius 3 is 2.04 bits per heavy atom. The number of rotatable bonds is 6. The molecule has 0 bridgehead atoms. The van der Waals surface area contributed by atoms with Gasteiger partial charge in [0.15, 0.2) is 5.75 Å². The minimum atomic E-state index is -0.528. The quantitative estimate of drug-likeness (QED) is 0.168. The van der Waals surface area contributed by atoms with Gasteiger partial charge < -0.3 is 15.2 Å². The lowest BCUT2D eigenvalue weighted by atomic mass is 9.66. The summed E-state index contributed by atoms with van der Waals surface area (Å²) in [6.45, 7) is 0. The fraction of sp³-hybridized carbons (Fsp3) is 0.0476. The van der Waals surface area contributed by atoms with Gasteiger partial charge in [-0.1, -0.05) is 164 Å². The van der Waals surface area contributed by atoms with Gasteiger partial charge in [-0.05, 0) is 111 Å². The van der Waals surface area contributed by atoms with Gasteiger partial charge in [-0.15, -0.1) is 11.3 Å². The number of fused-ring (bicyclic) bond motifs is 13. The monoisotopic (exact) mass is 903 g/mol. The van der Waals surface area contributed by atoms with Crippen LogP contribution in [0.1, 0.15) is 44.4 Å². The summed E-state index contributed by atoms with van der Waals surface area (Å²) in [5.74, 6) is 3.82. The van der Waals surface area contributed by atoms with Crippen LogP contribution in [0.25, 0.3) is 71.7 Å². The average Bonchev–Trinajstić information content (AvgIpc) is 3.93. The molecule has 14 rings (SSSR count). The van der Waals surface area contributed by atoms with Crippen LogP contribution in [0, 0.1) is 0 Å². The maximum Gasteiger partial charge on any atom is 0.150 e. The summed E-state index contributed by atoms with van der Waals surface area (Å²) in [5, 5.41) is 2.23. The minimum absolute atomic E-state index is 0.0530. The summed E-state index contributed by atoms with van der Waals surface area (Å²) in [6.07, 6.45) is 5.33. The predicted molar refractivity (Wildman–Crippen MR) is 281 cm³/mol. The van der Waals surface area contributed by atoms with Crippen LogP contribution in [-0.4, -0.2) is 9.97 Å². The Bertz CT molecular complexity index is 3880. The number of nitrogen functional groups attached to an aromatic ring is 1. The zero-order valence-electron chi connectivity index (χ0n) is 37.3. The van der Waals surface area contributed by atoms with Crippen molar-refractivity contribution in [3.8, 4) is 67.6 Å². The van der Waals surface area contributed by atoms with Crippen molar-refractivity contribution >= 4 is 44.1 Å². The lowest BCUT2D eigenvalue weighted by Crippen LogP contribution is -2.32. The maximum atomic E-state index is 6.93. The molecule has 1 aliphatic heterocycles. The number of nitrogens with zero attached hydrogens (tertiary/aromatic N) is 2. The number of nitrogens with two attached hydrogens (primary N) is 1. The van der Waals surface area contributed by atoms with Crippen LogP contribution in [0.2, 0.25) is 0 Å². The molecular formula is C63H41N3O2S. The Morgan fingerprint density at radius 1 is 0.565 bits per heavy atom. The molecular weight excluding hydrogens is 863 g/mol. The summed E-state index contributed by atoms with van der Waals surface area (Å²) in [4.78, 5) is 11.9. The predicted octanol–water partition coefficient (Wildman–Crippen LogP) is 16.0. The van der Waals surface area contributed by atoms with E-state index < -0.39 is 5.41 Å². The molecule has 69 heavy (non-hydrogen) atoms. The van der Waals surface area contributed by atoms with Gasteiger partial charge in [0.05, 0.1) is 22.3 Å². The van der Waals surface area contributed by atoms with Crippen molar-refractivity contribution in [3.63, 3.8) is 0 Å². The second-order valence-electron chi connectivity index (χ2n) is 18.1. The standard InChI is InChI=1S/C63H41N3O2S/c64-60-46(24-14-32-55(60)67-41-18-2-1-3-19-41)61-45-21-5-9-29-52(45)65-62(66-61)40-34-35-56-47(37-40)59-43(23-15-33-57(59)69-56)39-17-12-16-38(36-39)42-22-13-28-51-58(42)44-20-4-6-25-48(44)63(51)49-26-7-10-30-53(49)68-54-31-11-8-27-50(54)63/h1-36,40H,37,64H2. The van der Waals surface area contributed by atoms with Gasteiger partial charge in [-0.3, -0.25) is 0 Å². The lowest BCUT2D eigenvalue weighted by Gasteiger charge is -2.39. The molecule has 2 aromatic heterocycles. The third kappa shape index (κ3) is 6.02. The first-order valence-electron chi connectivity index (χ1n) is 23.4. The number of ether oxygens (including phenoxy) is 2. The van der Waals surface area contributed by atoms with Crippen LogP contribution >= 0.6 is 11.3 Å². The Labute approximate surface area is 403 Å². The van der Waals surface area contributed by atoms with Crippen LogP contribution in [0.5, 0.6) is 23.0 Å². The van der Waals surface area contributed by atoms with Crippen LogP contribution in [0.3, 0.4) is 0 Å². The second kappa shape index (κ2) is 15.5. The number of aromatic nitrogens is 2. The van der Waals surface area contributed by atoms with E-state index in [1.807, 2.05) is 72.0 Å². The molecule has 326 valence electrons. The molecule has 3 aliphatic rings. The SMILES string of the molecule is Nc1c(Oc2ccccc2)cccc1-c1nc(C2C=Cc3sc4cccc(-c5cccc(-c6cccc7c6-c6ccccc6C76c7ccccc7Oc7ccccc76)c5)c4c3C2)nc2ccccc12. The summed E-state index contributed by atoms with van der Waals surface area (Å²) in [7, 11) is 0. The van der Waals surface area contributed by atoms with Gasteiger partial charge >= 0.3 is 0 Å². The molecule has 1 spiro atoms. The van der Waals surface area contributed by atoms with Crippen molar-refractivity contribution in [3.05, 3.63) is 251 Å². The molecule has 1 unspecified atom stereocenters. The molecule has 6 heteroatoms. The van der Waals surface area contributed by atoms with Crippen LogP contribution < -0.4 is 15.2 Å². The smallest absolute Gasteiger partial charge is 0.150 e. The molecule has 11 aromatic rings. The van der Waals surface area contributed by atoms with Crippen molar-refractivity contribution in [1.82, 2.24) is 9.97 Å². The number of benzene rings is 9. The highest BCUT2D eigenvalue weighted by Crippen LogP contribution is 2.63. The third-order valence-electron chi connectivity index (χ3n) is 14.3. The molecule has 5 nitrogen and oxygen atoms in total. The fourth-order valence-electron chi connectivity index (χ4n) is 11.4. The molecule has 1 atom stereocenters. The lowest BCUT2D eigenvalue weighted by molar-refractivity contribution is 0.436. The zero-order chi connectivity index (χ0) is 45.6. The van der Waals surface area contributed by atoms with Crippen LogP contribution in [-0.2, 0) is 11.8 Å². The first kappa shape index (κ1) is 39.6. The Morgan fingerprint density at radius 2 is 1.20 bits per heavy atom. The van der Waals surface area contributed by atoms with Gasteiger partial charge in [0.2, 0.25) is 0 Å². The molecule has 0 fully saturated rings. The van der Waals surface area contributed by atoms with Gasteiger partial charge in [0.25, 0.3) is 0 Å². The Balaban J connectivity index is 0.870. The second-order valence-corrected chi connectivity index (χ2v) is 19.2. The van der Waals surface area contributed by atoms with E-state index in [4.69, 9.17) is 25.2 Å². The van der Waals surface area contributed by atoms with Gasteiger partial charge in [-0.25, -0.2) is 9.97 Å². The highest BCUT2D eigenvalue weighted by Gasteiger charge is 2.51. The average molecular weight is 904 g/mol. The van der Waals surface area contributed by atoms with E-state index >= 15 is 0 Å². The topological polar surface area (TPSA) is 70.3 Å². The summed E-state index contributed by atoms with van der Waals surface area (Å²) < 4.78 is 14.2. The van der Waals surface area contributed by atoms with Gasteiger partial charge in [-0.2, -0.15) is 0 Å². The van der Waals surface area contributed by atoms with Crippen molar-refractivity contribution in [2.45, 2.75) is 17.8 Å². The highest BCUT2D eigenvalue weighted by molar-refractivity contribution is 7.20. The normalized spacial score (nSPS) is 14.7. The number of hydrogen-bond donors (Lipinski definition) is 1. The molecule has 2 N–H and O–H groups in total. The summed E-state index contributed by atoms with van der Waals surface area (Å²) >= 11 is 1.85. The number of thiophene rings is 1. The molecule has 2 aliphatic carbocycles. The first-order valence-corrected chi connectivity index (χ1v) is 24.3. The highest BCUT2D eigenvalue weighted by atomic mass is 32.1. The van der Waals surface area contributed by atoms with E-state index in [2.05, 4.69) is 158 Å². The molecule has 3 heterocycles. The molecule has 0 radical (unpaired) electrons. The van der Waals surface area contributed by atoms with Crippen molar-refractivity contribution in [1.29, 1.82) is 0 Å². The zero-order valence-corrected chi connectivity index (χ0v) is 38.1. The van der Waals surface area contributed by atoms with Crippen molar-refractivity contribution < 1.29 is 9.47 Å². The third-order valence-corrected chi connectivity index (χ3v) is 15.5. The van der Waals surface area contributed by atoms with E-state index in [0.29, 0.717) is 11.4 Å². The van der Waals surface area contributed by atoms with E-state index in [1.54, 1.807) is 0 Å². The van der Waals surface area contributed by atoms with Crippen molar-refractivity contribution in [2.75, 3.05) is 5.73 Å². The fourth-order valence-corrected chi connectivity index (χ4v) is 12.6.